The predicted octanol–water partition coefficient (Wildman–Crippen LogP) is 2.90. The number of nitrogens with zero attached hydrogens (tertiary/aromatic N) is 3. The minimum atomic E-state index is 0.397. The van der Waals surface area contributed by atoms with Crippen LogP contribution in [0.15, 0.2) is 6.07 Å². The van der Waals surface area contributed by atoms with Crippen molar-refractivity contribution in [2.45, 2.75) is 32.8 Å². The second kappa shape index (κ2) is 6.34. The maximum absolute atomic E-state index is 6.04. The molecule has 18 heavy (non-hydrogen) atoms. The lowest BCUT2D eigenvalue weighted by molar-refractivity contribution is 0.178. The molecule has 1 aliphatic rings. The Morgan fingerprint density at radius 3 is 2.78 bits per heavy atom. The van der Waals surface area contributed by atoms with E-state index in [9.17, 15) is 0 Å². The topological polar surface area (TPSA) is 38.2 Å². The molecule has 0 amide bonds. The molecule has 0 radical (unpaired) electrons. The number of anilines is 1. The Hall–Kier alpha value is -0.870. The number of halogens is 1. The molecule has 4 nitrogen and oxygen atoms in total. The van der Waals surface area contributed by atoms with Crippen LogP contribution in [-0.4, -0.2) is 30.2 Å². The average Bonchev–Trinajstić information content (AvgIpc) is 2.27. The first-order valence-corrected chi connectivity index (χ1v) is 6.88. The highest BCUT2D eigenvalue weighted by molar-refractivity contribution is 6.29. The lowest BCUT2D eigenvalue weighted by atomic mass is 9.85. The van der Waals surface area contributed by atoms with Gasteiger partial charge in [-0.2, -0.15) is 0 Å². The van der Waals surface area contributed by atoms with Crippen LogP contribution in [0.25, 0.3) is 0 Å². The van der Waals surface area contributed by atoms with Gasteiger partial charge in [-0.1, -0.05) is 18.0 Å². The Morgan fingerprint density at radius 2 is 2.22 bits per heavy atom. The zero-order chi connectivity index (χ0) is 13.0. The van der Waals surface area contributed by atoms with Crippen LogP contribution in [0.5, 0.6) is 0 Å². The van der Waals surface area contributed by atoms with E-state index in [4.69, 9.17) is 16.3 Å². The number of aromatic nitrogens is 2. The van der Waals surface area contributed by atoms with E-state index in [0.29, 0.717) is 17.6 Å². The van der Waals surface area contributed by atoms with E-state index >= 15 is 0 Å². The number of hydrogen-bond donors (Lipinski definition) is 0. The Labute approximate surface area is 113 Å². The van der Waals surface area contributed by atoms with Crippen LogP contribution in [-0.2, 0) is 11.3 Å². The summed E-state index contributed by atoms with van der Waals surface area (Å²) in [5, 5.41) is 0.485. The summed E-state index contributed by atoms with van der Waals surface area (Å²) in [5.41, 5.74) is 0. The summed E-state index contributed by atoms with van der Waals surface area (Å²) in [4.78, 5) is 10.9. The van der Waals surface area contributed by atoms with Gasteiger partial charge in [0.1, 0.15) is 17.6 Å². The first kappa shape index (κ1) is 13.6. The molecule has 5 heteroatoms. The van der Waals surface area contributed by atoms with Gasteiger partial charge >= 0.3 is 0 Å². The summed E-state index contributed by atoms with van der Waals surface area (Å²) in [6.07, 6.45) is 4.03. The molecule has 0 bridgehead atoms. The zero-order valence-corrected chi connectivity index (χ0v) is 11.8. The van der Waals surface area contributed by atoms with Crippen LogP contribution in [0.2, 0.25) is 5.15 Å². The SMILES string of the molecule is CCN(CC1CCC1)c1cc(Cl)nc(COC)n1. The standard InChI is InChI=1S/C13H20ClN3O/c1-3-17(8-10-5-4-6-10)13-7-11(14)15-12(16-13)9-18-2/h7,10H,3-6,8-9H2,1-2H3. The van der Waals surface area contributed by atoms with Crippen molar-refractivity contribution in [1.29, 1.82) is 0 Å². The van der Waals surface area contributed by atoms with Crippen molar-refractivity contribution in [2.75, 3.05) is 25.1 Å². The molecule has 1 fully saturated rings. The first-order chi connectivity index (χ1) is 8.72. The molecule has 100 valence electrons. The summed E-state index contributed by atoms with van der Waals surface area (Å²) in [7, 11) is 1.63. The molecule has 0 N–H and O–H groups in total. The predicted molar refractivity (Wildman–Crippen MR) is 73.0 cm³/mol. The summed E-state index contributed by atoms with van der Waals surface area (Å²) in [6.45, 7) is 4.55. The van der Waals surface area contributed by atoms with Crippen LogP contribution < -0.4 is 4.90 Å². The molecule has 1 heterocycles. The van der Waals surface area contributed by atoms with Crippen molar-refractivity contribution in [3.63, 3.8) is 0 Å². The number of hydrogen-bond acceptors (Lipinski definition) is 4. The second-order valence-electron chi connectivity index (χ2n) is 4.73. The van der Waals surface area contributed by atoms with E-state index in [2.05, 4.69) is 21.8 Å². The molecule has 1 aromatic rings. The van der Waals surface area contributed by atoms with Gasteiger partial charge in [-0.25, -0.2) is 9.97 Å². The fourth-order valence-corrected chi connectivity index (χ4v) is 2.37. The lowest BCUT2D eigenvalue weighted by Gasteiger charge is -2.32. The van der Waals surface area contributed by atoms with E-state index in [1.54, 1.807) is 7.11 Å². The van der Waals surface area contributed by atoms with Crippen molar-refractivity contribution in [1.82, 2.24) is 9.97 Å². The van der Waals surface area contributed by atoms with E-state index in [1.165, 1.54) is 19.3 Å². The molecule has 0 spiro atoms. The Bertz CT molecular complexity index is 396. The maximum atomic E-state index is 6.04. The monoisotopic (exact) mass is 269 g/mol. The van der Waals surface area contributed by atoms with Gasteiger partial charge < -0.3 is 9.64 Å². The third-order valence-electron chi connectivity index (χ3n) is 3.41. The molecule has 1 saturated carbocycles. The van der Waals surface area contributed by atoms with Gasteiger partial charge in [0.2, 0.25) is 0 Å². The third-order valence-corrected chi connectivity index (χ3v) is 3.60. The number of rotatable bonds is 6. The van der Waals surface area contributed by atoms with Crippen molar-refractivity contribution in [3.8, 4) is 0 Å². The third kappa shape index (κ3) is 3.33. The number of ether oxygens (including phenoxy) is 1. The highest BCUT2D eigenvalue weighted by Gasteiger charge is 2.21. The van der Waals surface area contributed by atoms with E-state index in [0.717, 1.165) is 24.8 Å². The molecular formula is C13H20ClN3O. The minimum absolute atomic E-state index is 0.397. The van der Waals surface area contributed by atoms with Gasteiger partial charge in [0.25, 0.3) is 0 Å². The maximum Gasteiger partial charge on any atom is 0.158 e. The highest BCUT2D eigenvalue weighted by Crippen LogP contribution is 2.28. The summed E-state index contributed by atoms with van der Waals surface area (Å²) >= 11 is 6.04. The fraction of sp³-hybridized carbons (Fsp3) is 0.692. The van der Waals surface area contributed by atoms with Crippen molar-refractivity contribution in [2.24, 2.45) is 5.92 Å². The highest BCUT2D eigenvalue weighted by atomic mass is 35.5. The molecule has 0 saturated heterocycles. The van der Waals surface area contributed by atoms with E-state index in [1.807, 2.05) is 6.07 Å². The van der Waals surface area contributed by atoms with Crippen molar-refractivity contribution in [3.05, 3.63) is 17.0 Å². The van der Waals surface area contributed by atoms with Crippen LogP contribution in [0.1, 0.15) is 32.0 Å². The smallest absolute Gasteiger partial charge is 0.158 e. The first-order valence-electron chi connectivity index (χ1n) is 6.50. The van der Waals surface area contributed by atoms with Gasteiger partial charge in [0.15, 0.2) is 5.82 Å². The van der Waals surface area contributed by atoms with Crippen LogP contribution in [0, 0.1) is 5.92 Å². The largest absolute Gasteiger partial charge is 0.377 e. The second-order valence-corrected chi connectivity index (χ2v) is 5.12. The molecule has 0 atom stereocenters. The van der Waals surface area contributed by atoms with Gasteiger partial charge in [-0.3, -0.25) is 0 Å². The molecule has 0 aromatic carbocycles. The van der Waals surface area contributed by atoms with E-state index in [-0.39, 0.29) is 0 Å². The minimum Gasteiger partial charge on any atom is -0.377 e. The molecule has 1 aliphatic carbocycles. The van der Waals surface area contributed by atoms with Crippen molar-refractivity contribution < 1.29 is 4.74 Å². The van der Waals surface area contributed by atoms with Gasteiger partial charge in [0.05, 0.1) is 0 Å². The fourth-order valence-electron chi connectivity index (χ4n) is 2.18. The molecule has 1 aromatic heterocycles. The van der Waals surface area contributed by atoms with Crippen LogP contribution in [0.4, 0.5) is 5.82 Å². The van der Waals surface area contributed by atoms with Crippen molar-refractivity contribution >= 4 is 17.4 Å². The van der Waals surface area contributed by atoms with Gasteiger partial charge in [-0.05, 0) is 25.7 Å². The summed E-state index contributed by atoms with van der Waals surface area (Å²) in [5.74, 6) is 2.37. The normalized spacial score (nSPS) is 15.5. The van der Waals surface area contributed by atoms with Gasteiger partial charge in [0, 0.05) is 26.3 Å². The quantitative estimate of drug-likeness (QED) is 0.745. The lowest BCUT2D eigenvalue weighted by Crippen LogP contribution is -2.33. The number of methoxy groups -OCH3 is 1. The summed E-state index contributed by atoms with van der Waals surface area (Å²) in [6, 6.07) is 1.84. The summed E-state index contributed by atoms with van der Waals surface area (Å²) < 4.78 is 5.06. The molecule has 0 unspecified atom stereocenters. The van der Waals surface area contributed by atoms with Crippen LogP contribution >= 0.6 is 11.6 Å². The Kier molecular flexibility index (Phi) is 4.78. The molecule has 0 aliphatic heterocycles. The zero-order valence-electron chi connectivity index (χ0n) is 11.0. The average molecular weight is 270 g/mol. The Morgan fingerprint density at radius 1 is 1.44 bits per heavy atom. The van der Waals surface area contributed by atoms with E-state index < -0.39 is 0 Å². The van der Waals surface area contributed by atoms with Gasteiger partial charge in [-0.15, -0.1) is 0 Å². The Balaban J connectivity index is 2.12. The van der Waals surface area contributed by atoms with Crippen LogP contribution in [0.3, 0.4) is 0 Å². The molecular weight excluding hydrogens is 250 g/mol. The molecule has 2 rings (SSSR count).